The van der Waals surface area contributed by atoms with Crippen molar-refractivity contribution in [3.05, 3.63) is 101 Å². The zero-order valence-corrected chi connectivity index (χ0v) is 17.5. The molecule has 0 unspecified atom stereocenters. The van der Waals surface area contributed by atoms with Crippen LogP contribution in [0.5, 0.6) is 0 Å². The lowest BCUT2D eigenvalue weighted by Crippen LogP contribution is -2.35. The lowest BCUT2D eigenvalue weighted by atomic mass is 10.1. The third-order valence-corrected chi connectivity index (χ3v) is 6.00. The van der Waals surface area contributed by atoms with Gasteiger partial charge in [0, 0.05) is 22.5 Å². The van der Waals surface area contributed by atoms with Crippen LogP contribution in [0.25, 0.3) is 4.91 Å². The predicted molar refractivity (Wildman–Crippen MR) is 119 cm³/mol. The van der Waals surface area contributed by atoms with Crippen molar-refractivity contribution in [2.45, 2.75) is 6.54 Å². The van der Waals surface area contributed by atoms with Gasteiger partial charge in [-0.1, -0.05) is 54.1 Å². The summed E-state index contributed by atoms with van der Waals surface area (Å²) in [6.07, 6.45) is 1.58. The molecular formula is C23H18ClFN2O2S. The summed E-state index contributed by atoms with van der Waals surface area (Å²) in [5, 5.41) is 0.250. The van der Waals surface area contributed by atoms with E-state index in [0.717, 1.165) is 16.2 Å². The van der Waals surface area contributed by atoms with Crippen molar-refractivity contribution >= 4 is 40.0 Å². The quantitative estimate of drug-likeness (QED) is 0.522. The van der Waals surface area contributed by atoms with Gasteiger partial charge in [0.1, 0.15) is 11.6 Å². The molecule has 2 heterocycles. The number of carbonyl (C=O) groups excluding carboxylic acids is 1. The van der Waals surface area contributed by atoms with E-state index in [1.807, 2.05) is 30.3 Å². The van der Waals surface area contributed by atoms with Crippen molar-refractivity contribution in [3.8, 4) is 0 Å². The Morgan fingerprint density at radius 1 is 1.10 bits per heavy atom. The molecule has 30 heavy (non-hydrogen) atoms. The molecule has 4 rings (SSSR count). The van der Waals surface area contributed by atoms with Crippen molar-refractivity contribution in [2.75, 3.05) is 17.3 Å². The SMILES string of the molecule is O=C(C1=C(c2ccccc2)SCCO1)N(Cc1c(F)cccc1Cl)c1ccccn1. The predicted octanol–water partition coefficient (Wildman–Crippen LogP) is 5.54. The van der Waals surface area contributed by atoms with Crippen LogP contribution in [-0.2, 0) is 16.1 Å². The molecule has 0 atom stereocenters. The highest BCUT2D eigenvalue weighted by Gasteiger charge is 2.30. The van der Waals surface area contributed by atoms with Gasteiger partial charge in [-0.3, -0.25) is 9.69 Å². The number of hydrogen-bond donors (Lipinski definition) is 0. The molecule has 1 amide bonds. The highest BCUT2D eigenvalue weighted by Crippen LogP contribution is 2.36. The summed E-state index contributed by atoms with van der Waals surface area (Å²) in [7, 11) is 0. The molecule has 0 radical (unpaired) electrons. The van der Waals surface area contributed by atoms with Gasteiger partial charge in [0.25, 0.3) is 5.91 Å². The van der Waals surface area contributed by atoms with Gasteiger partial charge in [-0.2, -0.15) is 0 Å². The van der Waals surface area contributed by atoms with E-state index in [0.29, 0.717) is 12.4 Å². The first-order valence-electron chi connectivity index (χ1n) is 9.36. The minimum Gasteiger partial charge on any atom is -0.486 e. The van der Waals surface area contributed by atoms with E-state index in [-0.39, 0.29) is 28.8 Å². The summed E-state index contributed by atoms with van der Waals surface area (Å²) >= 11 is 7.79. The molecule has 1 aromatic heterocycles. The number of hydrogen-bond acceptors (Lipinski definition) is 4. The van der Waals surface area contributed by atoms with Crippen LogP contribution in [0.3, 0.4) is 0 Å². The number of ether oxygens (including phenoxy) is 1. The van der Waals surface area contributed by atoms with Crippen LogP contribution in [0.4, 0.5) is 10.2 Å². The molecule has 2 aromatic carbocycles. The van der Waals surface area contributed by atoms with Gasteiger partial charge in [0.2, 0.25) is 0 Å². The molecule has 0 saturated carbocycles. The Morgan fingerprint density at radius 3 is 2.63 bits per heavy atom. The normalized spacial score (nSPS) is 13.7. The molecule has 1 aliphatic heterocycles. The second-order valence-corrected chi connectivity index (χ2v) is 8.01. The first kappa shape index (κ1) is 20.4. The smallest absolute Gasteiger partial charge is 0.296 e. The van der Waals surface area contributed by atoms with Crippen molar-refractivity contribution in [2.24, 2.45) is 0 Å². The van der Waals surface area contributed by atoms with Gasteiger partial charge in [0.15, 0.2) is 5.76 Å². The van der Waals surface area contributed by atoms with Crippen molar-refractivity contribution in [1.82, 2.24) is 4.98 Å². The number of thioether (sulfide) groups is 1. The van der Waals surface area contributed by atoms with Crippen LogP contribution in [0.2, 0.25) is 5.02 Å². The molecule has 1 aliphatic rings. The molecule has 0 spiro atoms. The summed E-state index contributed by atoms with van der Waals surface area (Å²) in [4.78, 5) is 20.1. The van der Waals surface area contributed by atoms with E-state index in [4.69, 9.17) is 16.3 Å². The Morgan fingerprint density at radius 2 is 1.90 bits per heavy atom. The second kappa shape index (κ2) is 9.32. The van der Waals surface area contributed by atoms with E-state index in [9.17, 15) is 9.18 Å². The fourth-order valence-electron chi connectivity index (χ4n) is 3.12. The van der Waals surface area contributed by atoms with Crippen LogP contribution in [0.1, 0.15) is 11.1 Å². The molecule has 0 fully saturated rings. The number of benzene rings is 2. The van der Waals surface area contributed by atoms with Gasteiger partial charge in [0.05, 0.1) is 18.1 Å². The number of pyridine rings is 1. The monoisotopic (exact) mass is 440 g/mol. The van der Waals surface area contributed by atoms with Crippen molar-refractivity contribution < 1.29 is 13.9 Å². The molecule has 4 nitrogen and oxygen atoms in total. The van der Waals surface area contributed by atoms with Crippen LogP contribution in [0, 0.1) is 5.82 Å². The van der Waals surface area contributed by atoms with Crippen LogP contribution >= 0.6 is 23.4 Å². The maximum atomic E-state index is 14.5. The van der Waals surface area contributed by atoms with Crippen LogP contribution < -0.4 is 4.90 Å². The third kappa shape index (κ3) is 4.35. The lowest BCUT2D eigenvalue weighted by molar-refractivity contribution is -0.118. The van der Waals surface area contributed by atoms with Crippen LogP contribution in [0.15, 0.2) is 78.7 Å². The summed E-state index contributed by atoms with van der Waals surface area (Å²) in [5.41, 5.74) is 1.12. The van der Waals surface area contributed by atoms with E-state index < -0.39 is 5.82 Å². The largest absolute Gasteiger partial charge is 0.486 e. The Bertz CT molecular complexity index is 1060. The fraction of sp³-hybridized carbons (Fsp3) is 0.130. The number of nitrogens with zero attached hydrogens (tertiary/aromatic N) is 2. The molecule has 0 saturated heterocycles. The van der Waals surface area contributed by atoms with Gasteiger partial charge in [-0.15, -0.1) is 11.8 Å². The van der Waals surface area contributed by atoms with E-state index >= 15 is 0 Å². The van der Waals surface area contributed by atoms with Crippen molar-refractivity contribution in [1.29, 1.82) is 0 Å². The lowest BCUT2D eigenvalue weighted by Gasteiger charge is -2.27. The zero-order valence-electron chi connectivity index (χ0n) is 15.9. The number of rotatable bonds is 5. The van der Waals surface area contributed by atoms with Gasteiger partial charge >= 0.3 is 0 Å². The Labute approximate surface area is 183 Å². The first-order chi connectivity index (χ1) is 14.6. The maximum Gasteiger partial charge on any atom is 0.296 e. The summed E-state index contributed by atoms with van der Waals surface area (Å²) < 4.78 is 20.3. The minimum atomic E-state index is -0.479. The molecule has 0 N–H and O–H groups in total. The number of amides is 1. The summed E-state index contributed by atoms with van der Waals surface area (Å²) in [6.45, 7) is 0.347. The average molecular weight is 441 g/mol. The molecule has 3 aromatic rings. The number of carbonyl (C=O) groups is 1. The average Bonchev–Trinajstić information content (AvgIpc) is 2.80. The Hall–Kier alpha value is -2.83. The molecule has 0 aliphatic carbocycles. The molecular weight excluding hydrogens is 423 g/mol. The van der Waals surface area contributed by atoms with E-state index in [1.54, 1.807) is 42.2 Å². The topological polar surface area (TPSA) is 42.4 Å². The zero-order chi connectivity index (χ0) is 20.9. The highest BCUT2D eigenvalue weighted by atomic mass is 35.5. The first-order valence-corrected chi connectivity index (χ1v) is 10.7. The Kier molecular flexibility index (Phi) is 6.35. The molecule has 7 heteroatoms. The van der Waals surface area contributed by atoms with Crippen molar-refractivity contribution in [3.63, 3.8) is 0 Å². The van der Waals surface area contributed by atoms with Crippen LogP contribution in [-0.4, -0.2) is 23.3 Å². The summed E-state index contributed by atoms with van der Waals surface area (Å²) in [6, 6.07) is 19.3. The fourth-order valence-corrected chi connectivity index (χ4v) is 4.29. The maximum absolute atomic E-state index is 14.5. The number of aromatic nitrogens is 1. The third-order valence-electron chi connectivity index (χ3n) is 4.56. The van der Waals surface area contributed by atoms with Gasteiger partial charge < -0.3 is 4.74 Å². The van der Waals surface area contributed by atoms with E-state index in [1.165, 1.54) is 17.0 Å². The number of halogens is 2. The summed E-state index contributed by atoms with van der Waals surface area (Å²) in [5.74, 6) is 0.493. The molecule has 0 bridgehead atoms. The standard InChI is InChI=1S/C23H18ClFN2O2S/c24-18-9-6-10-19(25)17(18)15-27(20-11-4-5-12-26-20)23(28)21-22(30-14-13-29-21)16-7-2-1-3-8-16/h1-12H,13-15H2. The second-order valence-electron chi connectivity index (χ2n) is 6.50. The highest BCUT2D eigenvalue weighted by molar-refractivity contribution is 8.08. The van der Waals surface area contributed by atoms with Gasteiger partial charge in [-0.05, 0) is 29.8 Å². The van der Waals surface area contributed by atoms with Gasteiger partial charge in [-0.25, -0.2) is 9.37 Å². The Balaban J connectivity index is 1.78. The molecule has 152 valence electrons. The minimum absolute atomic E-state index is 0.0685. The van der Waals surface area contributed by atoms with E-state index in [2.05, 4.69) is 4.98 Å². The number of anilines is 1.